The highest BCUT2D eigenvalue weighted by atomic mass is 16.5. The standard InChI is InChI=1S/C21H34N2O5/c1-15-13-23(14-16(2)28-15)10-6-9-22-20(24)8-7-17-11-18(25-3)21(27-5)19(12-17)26-4/h11-12,15-16H,6-10,13-14H2,1-5H3,(H,22,24). The molecule has 1 aromatic rings. The molecule has 1 amide bonds. The zero-order chi connectivity index (χ0) is 20.5. The van der Waals surface area contributed by atoms with Crippen LogP contribution in [0.3, 0.4) is 0 Å². The molecule has 158 valence electrons. The van der Waals surface area contributed by atoms with Crippen LogP contribution in [0, 0.1) is 0 Å². The van der Waals surface area contributed by atoms with Gasteiger partial charge in [-0.3, -0.25) is 9.69 Å². The van der Waals surface area contributed by atoms with Crippen LogP contribution in [0.15, 0.2) is 12.1 Å². The molecular weight excluding hydrogens is 360 g/mol. The fourth-order valence-electron chi connectivity index (χ4n) is 3.62. The van der Waals surface area contributed by atoms with Crippen LogP contribution in [0.5, 0.6) is 17.2 Å². The molecule has 0 radical (unpaired) electrons. The van der Waals surface area contributed by atoms with Gasteiger partial charge in [-0.05, 0) is 44.4 Å². The summed E-state index contributed by atoms with van der Waals surface area (Å²) in [5.74, 6) is 1.82. The molecule has 2 atom stereocenters. The second kappa shape index (κ2) is 11.1. The maximum Gasteiger partial charge on any atom is 0.220 e. The van der Waals surface area contributed by atoms with E-state index < -0.39 is 0 Å². The lowest BCUT2D eigenvalue weighted by atomic mass is 10.1. The fraction of sp³-hybridized carbons (Fsp3) is 0.667. The van der Waals surface area contributed by atoms with Crippen LogP contribution in [0.4, 0.5) is 0 Å². The zero-order valence-electron chi connectivity index (χ0n) is 17.7. The van der Waals surface area contributed by atoms with Gasteiger partial charge in [0.05, 0.1) is 33.5 Å². The van der Waals surface area contributed by atoms with Gasteiger partial charge >= 0.3 is 0 Å². The minimum absolute atomic E-state index is 0.0532. The Bertz CT molecular complexity index is 602. The Kier molecular flexibility index (Phi) is 8.86. The molecule has 1 aromatic carbocycles. The van der Waals surface area contributed by atoms with Gasteiger partial charge in [0, 0.05) is 32.6 Å². The number of methoxy groups -OCH3 is 3. The number of amides is 1. The predicted molar refractivity (Wildman–Crippen MR) is 108 cm³/mol. The second-order valence-electron chi connectivity index (χ2n) is 7.25. The number of hydrogen-bond acceptors (Lipinski definition) is 6. The number of morpholine rings is 1. The molecule has 1 N–H and O–H groups in total. The van der Waals surface area contributed by atoms with E-state index in [2.05, 4.69) is 24.1 Å². The Balaban J connectivity index is 1.73. The number of nitrogens with one attached hydrogen (secondary N) is 1. The quantitative estimate of drug-likeness (QED) is 0.614. The molecule has 0 aromatic heterocycles. The average molecular weight is 395 g/mol. The number of ether oxygens (including phenoxy) is 4. The number of hydrogen-bond donors (Lipinski definition) is 1. The van der Waals surface area contributed by atoms with Crippen molar-refractivity contribution in [3.05, 3.63) is 17.7 Å². The van der Waals surface area contributed by atoms with Gasteiger partial charge in [-0.1, -0.05) is 0 Å². The normalized spacial score (nSPS) is 19.9. The molecule has 2 rings (SSSR count). The number of benzene rings is 1. The van der Waals surface area contributed by atoms with E-state index in [-0.39, 0.29) is 18.1 Å². The lowest BCUT2D eigenvalue weighted by molar-refractivity contribution is -0.121. The van der Waals surface area contributed by atoms with Gasteiger partial charge in [-0.2, -0.15) is 0 Å². The molecule has 1 fully saturated rings. The third kappa shape index (κ3) is 6.56. The van der Waals surface area contributed by atoms with E-state index in [4.69, 9.17) is 18.9 Å². The van der Waals surface area contributed by atoms with Gasteiger partial charge in [0.1, 0.15) is 0 Å². The summed E-state index contributed by atoms with van der Waals surface area (Å²) in [5, 5.41) is 3.01. The van der Waals surface area contributed by atoms with Crippen molar-refractivity contribution in [1.82, 2.24) is 10.2 Å². The van der Waals surface area contributed by atoms with Gasteiger partial charge in [0.25, 0.3) is 0 Å². The van der Waals surface area contributed by atoms with E-state index in [9.17, 15) is 4.79 Å². The first-order chi connectivity index (χ1) is 13.5. The maximum absolute atomic E-state index is 12.2. The van der Waals surface area contributed by atoms with Gasteiger partial charge in [-0.25, -0.2) is 0 Å². The summed E-state index contributed by atoms with van der Waals surface area (Å²) < 4.78 is 21.8. The first-order valence-electron chi connectivity index (χ1n) is 9.90. The van der Waals surface area contributed by atoms with E-state index in [1.54, 1.807) is 21.3 Å². The zero-order valence-corrected chi connectivity index (χ0v) is 17.7. The van der Waals surface area contributed by atoms with Gasteiger partial charge in [0.15, 0.2) is 11.5 Å². The number of carbonyl (C=O) groups is 1. The molecule has 0 saturated carbocycles. The highest BCUT2D eigenvalue weighted by Gasteiger charge is 2.21. The molecular formula is C21H34N2O5. The summed E-state index contributed by atoms with van der Waals surface area (Å²) in [4.78, 5) is 14.6. The van der Waals surface area contributed by atoms with Gasteiger partial charge < -0.3 is 24.3 Å². The Morgan fingerprint density at radius 1 is 1.11 bits per heavy atom. The highest BCUT2D eigenvalue weighted by Crippen LogP contribution is 2.38. The van der Waals surface area contributed by atoms with Crippen molar-refractivity contribution >= 4 is 5.91 Å². The minimum Gasteiger partial charge on any atom is -0.493 e. The Morgan fingerprint density at radius 3 is 2.25 bits per heavy atom. The van der Waals surface area contributed by atoms with Crippen LogP contribution in [0.25, 0.3) is 0 Å². The van der Waals surface area contributed by atoms with Crippen molar-refractivity contribution in [1.29, 1.82) is 0 Å². The van der Waals surface area contributed by atoms with Gasteiger partial charge in [0.2, 0.25) is 11.7 Å². The smallest absolute Gasteiger partial charge is 0.220 e. The molecule has 0 spiro atoms. The van der Waals surface area contributed by atoms with E-state index in [0.717, 1.165) is 31.6 Å². The minimum atomic E-state index is 0.0532. The third-order valence-corrected chi connectivity index (χ3v) is 4.83. The molecule has 1 heterocycles. The molecule has 28 heavy (non-hydrogen) atoms. The molecule has 1 aliphatic rings. The van der Waals surface area contributed by atoms with Crippen molar-refractivity contribution in [2.24, 2.45) is 0 Å². The Hall–Kier alpha value is -1.99. The van der Waals surface area contributed by atoms with Crippen molar-refractivity contribution < 1.29 is 23.7 Å². The molecule has 2 unspecified atom stereocenters. The molecule has 0 bridgehead atoms. The monoisotopic (exact) mass is 394 g/mol. The van der Waals surface area contributed by atoms with E-state index in [0.29, 0.717) is 36.6 Å². The van der Waals surface area contributed by atoms with Crippen molar-refractivity contribution in [3.63, 3.8) is 0 Å². The lowest BCUT2D eigenvalue weighted by Gasteiger charge is -2.35. The molecule has 7 nitrogen and oxygen atoms in total. The first-order valence-corrected chi connectivity index (χ1v) is 9.90. The van der Waals surface area contributed by atoms with E-state index >= 15 is 0 Å². The molecule has 1 aliphatic heterocycles. The van der Waals surface area contributed by atoms with Crippen LogP contribution in [0.1, 0.15) is 32.3 Å². The van der Waals surface area contributed by atoms with E-state index in [1.165, 1.54) is 0 Å². The summed E-state index contributed by atoms with van der Waals surface area (Å²) in [6, 6.07) is 3.77. The second-order valence-corrected chi connectivity index (χ2v) is 7.25. The van der Waals surface area contributed by atoms with Gasteiger partial charge in [-0.15, -0.1) is 0 Å². The lowest BCUT2D eigenvalue weighted by Crippen LogP contribution is -2.46. The number of rotatable bonds is 10. The molecule has 1 saturated heterocycles. The van der Waals surface area contributed by atoms with E-state index in [1.807, 2.05) is 12.1 Å². The highest BCUT2D eigenvalue weighted by molar-refractivity contribution is 5.76. The average Bonchev–Trinajstić information content (AvgIpc) is 2.68. The SMILES string of the molecule is COc1cc(CCC(=O)NCCCN2CC(C)OC(C)C2)cc(OC)c1OC. The number of nitrogens with zero attached hydrogens (tertiary/aromatic N) is 1. The molecule has 0 aliphatic carbocycles. The van der Waals surface area contributed by atoms with Crippen LogP contribution < -0.4 is 19.5 Å². The van der Waals surface area contributed by atoms with Crippen molar-refractivity contribution in [3.8, 4) is 17.2 Å². The number of aryl methyl sites for hydroxylation is 1. The summed E-state index contributed by atoms with van der Waals surface area (Å²) in [6.45, 7) is 7.79. The van der Waals surface area contributed by atoms with Crippen LogP contribution in [-0.4, -0.2) is 70.5 Å². The van der Waals surface area contributed by atoms with Crippen molar-refractivity contribution in [2.75, 3.05) is 47.5 Å². The third-order valence-electron chi connectivity index (χ3n) is 4.83. The summed E-state index contributed by atoms with van der Waals surface area (Å²) >= 11 is 0. The summed E-state index contributed by atoms with van der Waals surface area (Å²) in [6.07, 6.45) is 2.52. The van der Waals surface area contributed by atoms with Crippen molar-refractivity contribution in [2.45, 2.75) is 45.3 Å². The van der Waals surface area contributed by atoms with Crippen LogP contribution >= 0.6 is 0 Å². The largest absolute Gasteiger partial charge is 0.493 e. The Labute approximate surface area is 168 Å². The Morgan fingerprint density at radius 2 is 1.71 bits per heavy atom. The van der Waals surface area contributed by atoms with Crippen LogP contribution in [-0.2, 0) is 16.0 Å². The molecule has 7 heteroatoms. The predicted octanol–water partition coefficient (Wildman–Crippen LogP) is 2.26. The summed E-state index contributed by atoms with van der Waals surface area (Å²) in [5.41, 5.74) is 0.973. The van der Waals surface area contributed by atoms with Crippen LogP contribution in [0.2, 0.25) is 0 Å². The summed E-state index contributed by atoms with van der Waals surface area (Å²) in [7, 11) is 4.75. The first kappa shape index (κ1) is 22.3. The topological polar surface area (TPSA) is 69.3 Å². The number of carbonyl (C=O) groups excluding carboxylic acids is 1. The fourth-order valence-corrected chi connectivity index (χ4v) is 3.62. The maximum atomic E-state index is 12.2.